The van der Waals surface area contributed by atoms with Crippen LogP contribution in [-0.2, 0) is 6.42 Å². The fourth-order valence-corrected chi connectivity index (χ4v) is 1.71. The maximum absolute atomic E-state index is 5.62. The Balaban J connectivity index is 2.78. The highest BCUT2D eigenvalue weighted by Gasteiger charge is 2.05. The van der Waals surface area contributed by atoms with Crippen LogP contribution in [0.3, 0.4) is 0 Å². The third kappa shape index (κ3) is 4.71. The molecule has 0 heterocycles. The summed E-state index contributed by atoms with van der Waals surface area (Å²) in [4.78, 5) is 0. The number of aryl methyl sites for hydroxylation is 1. The molecule has 0 saturated carbocycles. The first-order chi connectivity index (χ1) is 8.81. The zero-order valence-corrected chi connectivity index (χ0v) is 11.6. The first-order valence-corrected chi connectivity index (χ1v) is 6.66. The lowest BCUT2D eigenvalue weighted by molar-refractivity contribution is 0.327. The Morgan fingerprint density at radius 3 is 2.44 bits per heavy atom. The molecule has 0 radical (unpaired) electrons. The molecule has 0 fully saturated rings. The van der Waals surface area contributed by atoms with Crippen LogP contribution in [0.5, 0.6) is 11.5 Å². The lowest BCUT2D eigenvalue weighted by Gasteiger charge is -2.11. The third-order valence-electron chi connectivity index (χ3n) is 2.46. The fourth-order valence-electron chi connectivity index (χ4n) is 1.71. The van der Waals surface area contributed by atoms with E-state index in [-0.39, 0.29) is 0 Å². The predicted octanol–water partition coefficient (Wildman–Crippen LogP) is 3.83. The fraction of sp³-hybridized carbons (Fsp3) is 0.500. The molecule has 1 rings (SSSR count). The van der Waals surface area contributed by atoms with Crippen LogP contribution in [0.1, 0.15) is 39.2 Å². The smallest absolute Gasteiger partial charge is 0.122 e. The zero-order chi connectivity index (χ0) is 13.2. The molecule has 18 heavy (non-hydrogen) atoms. The molecule has 0 saturated heterocycles. The van der Waals surface area contributed by atoms with E-state index in [4.69, 9.17) is 9.47 Å². The van der Waals surface area contributed by atoms with Crippen molar-refractivity contribution >= 4 is 0 Å². The van der Waals surface area contributed by atoms with Crippen LogP contribution in [0.2, 0.25) is 0 Å². The van der Waals surface area contributed by atoms with Gasteiger partial charge in [-0.25, -0.2) is 0 Å². The maximum atomic E-state index is 5.62. The van der Waals surface area contributed by atoms with Crippen LogP contribution in [-0.4, -0.2) is 13.2 Å². The van der Waals surface area contributed by atoms with Crippen LogP contribution >= 0.6 is 0 Å². The highest BCUT2D eigenvalue weighted by Crippen LogP contribution is 2.25. The summed E-state index contributed by atoms with van der Waals surface area (Å²) in [5, 5.41) is 0. The average molecular weight is 246 g/mol. The minimum absolute atomic E-state index is 0.682. The number of hydrogen-bond acceptors (Lipinski definition) is 2. The van der Waals surface area contributed by atoms with Crippen molar-refractivity contribution in [2.45, 2.75) is 40.0 Å². The van der Waals surface area contributed by atoms with Gasteiger partial charge >= 0.3 is 0 Å². The molecule has 0 N–H and O–H groups in total. The summed E-state index contributed by atoms with van der Waals surface area (Å²) in [5.41, 5.74) is 1.17. The molecule has 0 aliphatic rings. The van der Waals surface area contributed by atoms with Crippen molar-refractivity contribution < 1.29 is 9.47 Å². The Morgan fingerprint density at radius 2 is 1.78 bits per heavy atom. The first kappa shape index (κ1) is 14.4. The summed E-state index contributed by atoms with van der Waals surface area (Å²) in [5.74, 6) is 8.09. The van der Waals surface area contributed by atoms with Gasteiger partial charge in [-0.1, -0.05) is 6.92 Å². The van der Waals surface area contributed by atoms with Gasteiger partial charge in [0.25, 0.3) is 0 Å². The van der Waals surface area contributed by atoms with Gasteiger partial charge < -0.3 is 9.47 Å². The molecule has 0 amide bonds. The Bertz CT molecular complexity index is 413. The van der Waals surface area contributed by atoms with E-state index in [1.165, 1.54) is 5.56 Å². The van der Waals surface area contributed by atoms with E-state index in [2.05, 4.69) is 24.8 Å². The summed E-state index contributed by atoms with van der Waals surface area (Å²) in [6.45, 7) is 7.42. The molecule has 0 spiro atoms. The molecule has 1 aromatic rings. The standard InChI is InChI=1S/C16H22O2/c1-4-7-8-9-10-14-13-15(17-5-2)11-12-16(14)18-6-3/h11-13H,4-6,9-10H2,1-3H3. The van der Waals surface area contributed by atoms with E-state index in [0.29, 0.717) is 13.2 Å². The van der Waals surface area contributed by atoms with Gasteiger partial charge in [0.15, 0.2) is 0 Å². The second-order valence-corrected chi connectivity index (χ2v) is 3.84. The highest BCUT2D eigenvalue weighted by molar-refractivity contribution is 5.40. The lowest BCUT2D eigenvalue weighted by atomic mass is 10.1. The van der Waals surface area contributed by atoms with Gasteiger partial charge in [-0.05, 0) is 44.0 Å². The second kappa shape index (κ2) is 8.47. The largest absolute Gasteiger partial charge is 0.494 e. The second-order valence-electron chi connectivity index (χ2n) is 3.84. The van der Waals surface area contributed by atoms with Gasteiger partial charge in [0.1, 0.15) is 11.5 Å². The van der Waals surface area contributed by atoms with Gasteiger partial charge in [0.05, 0.1) is 13.2 Å². The van der Waals surface area contributed by atoms with Crippen LogP contribution < -0.4 is 9.47 Å². The minimum Gasteiger partial charge on any atom is -0.494 e. The molecule has 98 valence electrons. The van der Waals surface area contributed by atoms with E-state index in [9.17, 15) is 0 Å². The topological polar surface area (TPSA) is 18.5 Å². The molecular formula is C16H22O2. The van der Waals surface area contributed by atoms with E-state index in [0.717, 1.165) is 30.8 Å². The minimum atomic E-state index is 0.682. The van der Waals surface area contributed by atoms with Crippen LogP contribution in [0.4, 0.5) is 0 Å². The molecule has 2 heteroatoms. The Labute approximate surface area is 110 Å². The maximum Gasteiger partial charge on any atom is 0.122 e. The van der Waals surface area contributed by atoms with Gasteiger partial charge in [-0.3, -0.25) is 0 Å². The van der Waals surface area contributed by atoms with E-state index < -0.39 is 0 Å². The summed E-state index contributed by atoms with van der Waals surface area (Å²) < 4.78 is 11.1. The summed E-state index contributed by atoms with van der Waals surface area (Å²) in [6, 6.07) is 5.99. The number of hydrogen-bond donors (Lipinski definition) is 0. The molecule has 2 nitrogen and oxygen atoms in total. The molecular weight excluding hydrogens is 224 g/mol. The van der Waals surface area contributed by atoms with E-state index >= 15 is 0 Å². The van der Waals surface area contributed by atoms with Crippen LogP contribution in [0.25, 0.3) is 0 Å². The van der Waals surface area contributed by atoms with E-state index in [1.54, 1.807) is 0 Å². The summed E-state index contributed by atoms with van der Waals surface area (Å²) in [6.07, 6.45) is 2.68. The summed E-state index contributed by atoms with van der Waals surface area (Å²) in [7, 11) is 0. The van der Waals surface area contributed by atoms with Crippen molar-refractivity contribution in [3.8, 4) is 23.3 Å². The summed E-state index contributed by atoms with van der Waals surface area (Å²) >= 11 is 0. The zero-order valence-electron chi connectivity index (χ0n) is 11.6. The van der Waals surface area contributed by atoms with Crippen molar-refractivity contribution in [1.29, 1.82) is 0 Å². The monoisotopic (exact) mass is 246 g/mol. The van der Waals surface area contributed by atoms with Crippen molar-refractivity contribution in [3.05, 3.63) is 23.8 Å². The molecule has 0 unspecified atom stereocenters. The first-order valence-electron chi connectivity index (χ1n) is 6.66. The van der Waals surface area contributed by atoms with Crippen LogP contribution in [0.15, 0.2) is 18.2 Å². The average Bonchev–Trinajstić information content (AvgIpc) is 2.38. The Morgan fingerprint density at radius 1 is 1.00 bits per heavy atom. The SMILES string of the molecule is CCC#CCCc1cc(OCC)ccc1OCC. The normalized spacial score (nSPS) is 9.50. The van der Waals surface area contributed by atoms with Gasteiger partial charge in [0.2, 0.25) is 0 Å². The lowest BCUT2D eigenvalue weighted by Crippen LogP contribution is -1.99. The number of ether oxygens (including phenoxy) is 2. The van der Waals surface area contributed by atoms with Gasteiger partial charge in [-0.2, -0.15) is 0 Å². The molecule has 0 bridgehead atoms. The molecule has 1 aromatic carbocycles. The number of rotatable bonds is 6. The number of benzene rings is 1. The van der Waals surface area contributed by atoms with E-state index in [1.807, 2.05) is 26.0 Å². The van der Waals surface area contributed by atoms with Crippen molar-refractivity contribution in [2.75, 3.05) is 13.2 Å². The van der Waals surface area contributed by atoms with Crippen molar-refractivity contribution in [2.24, 2.45) is 0 Å². The van der Waals surface area contributed by atoms with Crippen molar-refractivity contribution in [1.82, 2.24) is 0 Å². The Hall–Kier alpha value is -1.62. The molecule has 0 atom stereocenters. The van der Waals surface area contributed by atoms with Crippen molar-refractivity contribution in [3.63, 3.8) is 0 Å². The van der Waals surface area contributed by atoms with Crippen LogP contribution in [0, 0.1) is 11.8 Å². The third-order valence-corrected chi connectivity index (χ3v) is 2.46. The van der Waals surface area contributed by atoms with Gasteiger partial charge in [-0.15, -0.1) is 11.8 Å². The molecule has 0 aliphatic heterocycles. The quantitative estimate of drug-likeness (QED) is 0.710. The Kier molecular flexibility index (Phi) is 6.79. The predicted molar refractivity (Wildman–Crippen MR) is 75.2 cm³/mol. The van der Waals surface area contributed by atoms with Gasteiger partial charge in [0, 0.05) is 12.8 Å². The molecule has 0 aliphatic carbocycles. The molecule has 0 aromatic heterocycles. The highest BCUT2D eigenvalue weighted by atomic mass is 16.5.